The summed E-state index contributed by atoms with van der Waals surface area (Å²) in [4.78, 5) is 11.8. The van der Waals surface area contributed by atoms with Gasteiger partial charge in [0, 0.05) is 0 Å². The van der Waals surface area contributed by atoms with Crippen LogP contribution in [0.4, 0.5) is 0 Å². The van der Waals surface area contributed by atoms with Crippen LogP contribution in [0.2, 0.25) is 0 Å². The Hall–Kier alpha value is -1.69. The van der Waals surface area contributed by atoms with Crippen molar-refractivity contribution in [1.29, 1.82) is 0 Å². The maximum atomic E-state index is 11.8. The number of rotatable bonds is 16. The number of aliphatic hydroxyl groups excluding tert-OH is 19. The van der Waals surface area contributed by atoms with Gasteiger partial charge in [0.1, 0.15) is 134 Å². The number of carbonyl (C=O) groups excluding carboxylic acids is 1. The highest BCUT2D eigenvalue weighted by Gasteiger charge is 2.57. The van der Waals surface area contributed by atoms with Crippen molar-refractivity contribution in [1.82, 2.24) is 0 Å². The normalized spacial score (nSPS) is 52.2. The highest BCUT2D eigenvalue weighted by atomic mass is 16.8. The van der Waals surface area contributed by atoms with Crippen LogP contribution in [0.3, 0.4) is 0 Å². The Balaban J connectivity index is 1.07. The predicted octanol–water partition coefficient (Wildman–Crippen LogP) is -13.9. The summed E-state index contributed by atoms with van der Waals surface area (Å²) >= 11 is 0. The minimum atomic E-state index is -2.18. The third-order valence-electron chi connectivity index (χ3n) is 12.3. The fraction of sp³-hybridized carbons (Fsp3) is 0.972. The first-order valence-electron chi connectivity index (χ1n) is 21.0. The molecule has 0 spiro atoms. The molecule has 0 aromatic rings. The Morgan fingerprint density at radius 2 is 0.537 bits per heavy atom. The lowest BCUT2D eigenvalue weighted by molar-refractivity contribution is -0.394. The van der Waals surface area contributed by atoms with Crippen LogP contribution in [-0.2, 0) is 56.9 Å². The van der Waals surface area contributed by atoms with Crippen LogP contribution in [0.1, 0.15) is 0 Å². The van der Waals surface area contributed by atoms with Crippen LogP contribution in [0.5, 0.6) is 0 Å². The average molecular weight is 989 g/mol. The molecule has 31 heteroatoms. The molecule has 0 unspecified atom stereocenters. The number of aliphatic hydroxyl groups is 19. The molecule has 31 nitrogen and oxygen atoms in total. The maximum Gasteiger partial charge on any atom is 0.338 e. The molecule has 6 fully saturated rings. The first-order valence-corrected chi connectivity index (χ1v) is 21.0. The number of carbonyl (C=O) groups is 1. The number of esters is 1. The van der Waals surface area contributed by atoms with Crippen molar-refractivity contribution in [2.45, 2.75) is 178 Å². The van der Waals surface area contributed by atoms with E-state index in [4.69, 9.17) is 52.1 Å². The van der Waals surface area contributed by atoms with Gasteiger partial charge in [0.25, 0.3) is 0 Å². The first kappa shape index (κ1) is 54.6. The van der Waals surface area contributed by atoms with Crippen molar-refractivity contribution in [2.24, 2.45) is 0 Å². The third-order valence-corrected chi connectivity index (χ3v) is 12.3. The second-order valence-corrected chi connectivity index (χ2v) is 16.6. The van der Waals surface area contributed by atoms with Gasteiger partial charge in [-0.05, 0) is 0 Å². The van der Waals surface area contributed by atoms with E-state index in [1.165, 1.54) is 0 Å². The summed E-state index contributed by atoms with van der Waals surface area (Å²) in [6, 6.07) is 0. The summed E-state index contributed by atoms with van der Waals surface area (Å²) in [5.41, 5.74) is 0. The highest BCUT2D eigenvalue weighted by molar-refractivity contribution is 5.76. The zero-order chi connectivity index (χ0) is 49.3. The minimum Gasteiger partial charge on any atom is -0.455 e. The zero-order valence-electron chi connectivity index (χ0n) is 34.9. The molecule has 6 rings (SSSR count). The van der Waals surface area contributed by atoms with E-state index in [1.807, 2.05) is 0 Å². The van der Waals surface area contributed by atoms with Crippen molar-refractivity contribution >= 4 is 5.97 Å². The molecule has 6 aliphatic heterocycles. The van der Waals surface area contributed by atoms with Gasteiger partial charge in [0.15, 0.2) is 43.7 Å². The van der Waals surface area contributed by atoms with Gasteiger partial charge in [-0.2, -0.15) is 0 Å². The highest BCUT2D eigenvalue weighted by Crippen LogP contribution is 2.36. The van der Waals surface area contributed by atoms with E-state index in [0.717, 1.165) is 0 Å². The molecule has 0 aliphatic carbocycles. The molecular formula is C36H60O31. The molecule has 390 valence electrons. The van der Waals surface area contributed by atoms with E-state index in [0.29, 0.717) is 0 Å². The van der Waals surface area contributed by atoms with Gasteiger partial charge in [-0.1, -0.05) is 0 Å². The zero-order valence-corrected chi connectivity index (χ0v) is 34.9. The van der Waals surface area contributed by atoms with Crippen LogP contribution in [0.15, 0.2) is 0 Å². The second kappa shape index (κ2) is 23.2. The maximum absolute atomic E-state index is 11.8. The molecule has 67 heavy (non-hydrogen) atoms. The Kier molecular flexibility index (Phi) is 19.0. The standard InChI is InChI=1S/C36H60O31/c37-1-7-13(43)14(44)21(51)32(58-7)64-27-9(3-39)60-34(23(53)16(27)46)66-29-11(5-41)62-36(25(55)18(29)48)67-30-12(6-42)61-35(24(54)19(30)49)65-28-10(4-40)59-33(22(52)17(28)47)63-26-8(2-38)57-31(56)20(50)15(26)45/h7-30,32-55H,1-6H2/t7-,8-,9-,10-,11-,12-,13-,14+,15-,16-,17-,18-,19-,20-,21-,22-,23-,24-,25-,26-,27-,28-,29-,30-,32-,33-,34-,35-,36-/m1/s1. The molecule has 29 atom stereocenters. The second-order valence-electron chi connectivity index (χ2n) is 16.6. The lowest BCUT2D eigenvalue weighted by Crippen LogP contribution is -2.68. The third kappa shape index (κ3) is 11.1. The van der Waals surface area contributed by atoms with Crippen molar-refractivity contribution < 1.29 is 154 Å². The van der Waals surface area contributed by atoms with Crippen molar-refractivity contribution in [3.8, 4) is 0 Å². The van der Waals surface area contributed by atoms with E-state index < -0.39 is 224 Å². The molecule has 0 bridgehead atoms. The van der Waals surface area contributed by atoms with E-state index in [2.05, 4.69) is 0 Å². The Morgan fingerprint density at radius 1 is 0.299 bits per heavy atom. The molecular weight excluding hydrogens is 928 g/mol. The van der Waals surface area contributed by atoms with Gasteiger partial charge in [0.2, 0.25) is 0 Å². The summed E-state index contributed by atoms with van der Waals surface area (Å²) < 4.78 is 60.2. The monoisotopic (exact) mass is 988 g/mol. The van der Waals surface area contributed by atoms with E-state index in [-0.39, 0.29) is 0 Å². The quantitative estimate of drug-likeness (QED) is 0.0639. The van der Waals surface area contributed by atoms with Crippen molar-refractivity contribution in [3.63, 3.8) is 0 Å². The van der Waals surface area contributed by atoms with Crippen LogP contribution < -0.4 is 0 Å². The van der Waals surface area contributed by atoms with Gasteiger partial charge in [-0.3, -0.25) is 0 Å². The molecule has 6 aliphatic rings. The summed E-state index contributed by atoms with van der Waals surface area (Å²) in [5, 5.41) is 199. The molecule has 6 saturated heterocycles. The molecule has 0 amide bonds. The number of ether oxygens (including phenoxy) is 11. The fourth-order valence-corrected chi connectivity index (χ4v) is 8.42. The lowest BCUT2D eigenvalue weighted by atomic mass is 9.95. The Morgan fingerprint density at radius 3 is 0.806 bits per heavy atom. The SMILES string of the molecule is O=C1O[C@H](CO)[C@@H](O[C@H]2O[C@H](CO)[C@@H](O[C@H]3O[C@H](CO)[C@@H](O[C@H]4O[C@H](CO)[C@@H](O[C@H]5O[C@H](CO)[C@@H](O[C@H]6O[C@H](CO)[C@@H](O)[C@H](O)[C@H]6O)[C@H](O)[C@H]5O)[C@H](O)[C@H]4O)[C@H](O)[C@H]3O)[C@H](O)[C@H]2O)[C@H](O)[C@H]1O. The molecule has 0 radical (unpaired) electrons. The number of hydrogen-bond donors (Lipinski definition) is 19. The minimum absolute atomic E-state index is 0.831. The molecule has 0 aromatic carbocycles. The van der Waals surface area contributed by atoms with Gasteiger partial charge in [-0.25, -0.2) is 4.79 Å². The molecule has 0 aromatic heterocycles. The number of hydrogen-bond acceptors (Lipinski definition) is 31. The van der Waals surface area contributed by atoms with E-state index in [1.54, 1.807) is 0 Å². The molecule has 6 heterocycles. The van der Waals surface area contributed by atoms with Crippen molar-refractivity contribution in [3.05, 3.63) is 0 Å². The average Bonchev–Trinajstić information content (AvgIpc) is 3.32. The summed E-state index contributed by atoms with van der Waals surface area (Å²) in [7, 11) is 0. The van der Waals surface area contributed by atoms with Crippen LogP contribution in [0, 0.1) is 0 Å². The smallest absolute Gasteiger partial charge is 0.338 e. The van der Waals surface area contributed by atoms with Gasteiger partial charge in [0.05, 0.1) is 39.6 Å². The number of cyclic esters (lactones) is 1. The molecule has 0 saturated carbocycles. The van der Waals surface area contributed by atoms with Crippen molar-refractivity contribution in [2.75, 3.05) is 39.6 Å². The van der Waals surface area contributed by atoms with Gasteiger partial charge in [-0.15, -0.1) is 0 Å². The summed E-state index contributed by atoms with van der Waals surface area (Å²) in [5.74, 6) is -1.29. The van der Waals surface area contributed by atoms with E-state index in [9.17, 15) is 102 Å². The van der Waals surface area contributed by atoms with Crippen LogP contribution in [-0.4, -0.2) is 321 Å². The van der Waals surface area contributed by atoms with Crippen LogP contribution in [0.25, 0.3) is 0 Å². The predicted molar refractivity (Wildman–Crippen MR) is 198 cm³/mol. The Bertz CT molecular complexity index is 1540. The summed E-state index contributed by atoms with van der Waals surface area (Å²) in [6.45, 7) is -5.76. The van der Waals surface area contributed by atoms with Gasteiger partial charge < -0.3 is 149 Å². The fourth-order valence-electron chi connectivity index (χ4n) is 8.42. The van der Waals surface area contributed by atoms with E-state index >= 15 is 0 Å². The van der Waals surface area contributed by atoms with Crippen LogP contribution >= 0.6 is 0 Å². The largest absolute Gasteiger partial charge is 0.455 e. The lowest BCUT2D eigenvalue weighted by Gasteiger charge is -2.49. The molecule has 19 N–H and O–H groups in total. The summed E-state index contributed by atoms with van der Waals surface area (Å²) in [6.07, 6.45) is -55.2. The Labute approximate surface area is 377 Å². The van der Waals surface area contributed by atoms with Gasteiger partial charge >= 0.3 is 5.97 Å². The topological polar surface area (TPSA) is 503 Å². The first-order chi connectivity index (χ1) is 31.8.